The van der Waals surface area contributed by atoms with Crippen molar-refractivity contribution in [2.75, 3.05) is 0 Å². The predicted molar refractivity (Wildman–Crippen MR) is 38.7 cm³/mol. The van der Waals surface area contributed by atoms with Crippen LogP contribution >= 0.6 is 0 Å². The fourth-order valence-corrected chi connectivity index (χ4v) is 0.855. The van der Waals surface area contributed by atoms with Crippen LogP contribution in [0.25, 0.3) is 0 Å². The molecule has 0 spiro atoms. The quantitative estimate of drug-likeness (QED) is 0.648. The van der Waals surface area contributed by atoms with Crippen LogP contribution in [-0.2, 0) is 0 Å². The lowest BCUT2D eigenvalue weighted by Crippen LogP contribution is -1.94. The minimum atomic E-state index is -0.837. The van der Waals surface area contributed by atoms with E-state index < -0.39 is 11.9 Å². The Labute approximate surface area is 63.9 Å². The molecule has 60 valence electrons. The van der Waals surface area contributed by atoms with Gasteiger partial charge in [0, 0.05) is 11.6 Å². The first-order valence-corrected chi connectivity index (χ1v) is 3.27. The van der Waals surface area contributed by atoms with Crippen molar-refractivity contribution < 1.29 is 14.6 Å². The highest BCUT2D eigenvalue weighted by atomic mass is 19.1. The molecule has 3 heteroatoms. The zero-order valence-electron chi connectivity index (χ0n) is 6.08. The zero-order valence-corrected chi connectivity index (χ0v) is 6.08. The van der Waals surface area contributed by atoms with Gasteiger partial charge >= 0.3 is 0 Å². The largest absolute Gasteiger partial charge is 0.508 e. The van der Waals surface area contributed by atoms with Gasteiger partial charge in [0.15, 0.2) is 0 Å². The first-order chi connectivity index (χ1) is 5.11. The molecular weight excluding hydrogens is 147 g/mol. The number of phenols is 1. The molecule has 1 rings (SSSR count). The minimum Gasteiger partial charge on any atom is -0.508 e. The van der Waals surface area contributed by atoms with Gasteiger partial charge in [0.2, 0.25) is 0 Å². The molecule has 0 unspecified atom stereocenters. The number of benzene rings is 1. The molecule has 1 aromatic carbocycles. The standard InChI is InChI=1S/C8H9FO2/c1-5(10)7-3-2-6(11)4-8(7)9/h2-5,10-11H,1H3/t5-/m1/s1. The summed E-state index contributed by atoms with van der Waals surface area (Å²) in [6.45, 7) is 1.47. The molecule has 0 aliphatic heterocycles. The van der Waals surface area contributed by atoms with Gasteiger partial charge in [0.05, 0.1) is 6.10 Å². The van der Waals surface area contributed by atoms with E-state index in [0.29, 0.717) is 0 Å². The van der Waals surface area contributed by atoms with Gasteiger partial charge in [0.1, 0.15) is 11.6 Å². The second-order valence-corrected chi connectivity index (χ2v) is 2.38. The number of halogens is 1. The molecule has 2 nitrogen and oxygen atoms in total. The molecule has 0 fully saturated rings. The van der Waals surface area contributed by atoms with E-state index in [-0.39, 0.29) is 11.3 Å². The number of aromatic hydroxyl groups is 1. The van der Waals surface area contributed by atoms with E-state index in [2.05, 4.69) is 0 Å². The van der Waals surface area contributed by atoms with Gasteiger partial charge in [-0.05, 0) is 19.1 Å². The molecule has 1 aromatic rings. The Hall–Kier alpha value is -1.09. The van der Waals surface area contributed by atoms with Crippen molar-refractivity contribution in [3.8, 4) is 5.75 Å². The van der Waals surface area contributed by atoms with Gasteiger partial charge in [-0.2, -0.15) is 0 Å². The summed E-state index contributed by atoms with van der Waals surface area (Å²) in [5.74, 6) is -0.716. The summed E-state index contributed by atoms with van der Waals surface area (Å²) >= 11 is 0. The number of hydrogen-bond donors (Lipinski definition) is 2. The molecule has 2 N–H and O–H groups in total. The summed E-state index contributed by atoms with van der Waals surface area (Å²) in [7, 11) is 0. The molecular formula is C8H9FO2. The Morgan fingerprint density at radius 1 is 1.45 bits per heavy atom. The van der Waals surface area contributed by atoms with E-state index in [9.17, 15) is 4.39 Å². The van der Waals surface area contributed by atoms with Gasteiger partial charge in [-0.25, -0.2) is 4.39 Å². The summed E-state index contributed by atoms with van der Waals surface area (Å²) < 4.78 is 12.8. The summed E-state index contributed by atoms with van der Waals surface area (Å²) in [4.78, 5) is 0. The van der Waals surface area contributed by atoms with Crippen molar-refractivity contribution in [1.29, 1.82) is 0 Å². The van der Waals surface area contributed by atoms with E-state index in [1.54, 1.807) is 0 Å². The van der Waals surface area contributed by atoms with Crippen LogP contribution in [0.3, 0.4) is 0 Å². The van der Waals surface area contributed by atoms with Crippen molar-refractivity contribution in [3.63, 3.8) is 0 Å². The topological polar surface area (TPSA) is 40.5 Å². The highest BCUT2D eigenvalue weighted by Crippen LogP contribution is 2.20. The first kappa shape index (κ1) is 8.01. The highest BCUT2D eigenvalue weighted by molar-refractivity contribution is 5.28. The average Bonchev–Trinajstić information content (AvgIpc) is 1.85. The van der Waals surface area contributed by atoms with E-state index in [0.717, 1.165) is 6.07 Å². The van der Waals surface area contributed by atoms with Crippen LogP contribution in [0.5, 0.6) is 5.75 Å². The van der Waals surface area contributed by atoms with Crippen LogP contribution in [0.2, 0.25) is 0 Å². The molecule has 0 heterocycles. The SMILES string of the molecule is C[C@@H](O)c1ccc(O)cc1F. The number of rotatable bonds is 1. The maximum Gasteiger partial charge on any atom is 0.132 e. The molecule has 1 atom stereocenters. The molecule has 0 aromatic heterocycles. The third-order valence-electron chi connectivity index (χ3n) is 1.43. The molecule has 0 aliphatic rings. The lowest BCUT2D eigenvalue weighted by Gasteiger charge is -2.05. The van der Waals surface area contributed by atoms with Gasteiger partial charge in [0.25, 0.3) is 0 Å². The molecule has 0 bridgehead atoms. The number of phenolic OH excluding ortho intramolecular Hbond substituents is 1. The van der Waals surface area contributed by atoms with E-state index in [4.69, 9.17) is 10.2 Å². The number of hydrogen-bond acceptors (Lipinski definition) is 2. The van der Waals surface area contributed by atoms with Crippen molar-refractivity contribution in [3.05, 3.63) is 29.6 Å². The smallest absolute Gasteiger partial charge is 0.132 e. The number of aliphatic hydroxyl groups excluding tert-OH is 1. The minimum absolute atomic E-state index is 0.132. The zero-order chi connectivity index (χ0) is 8.43. The molecule has 0 radical (unpaired) electrons. The van der Waals surface area contributed by atoms with E-state index in [1.807, 2.05) is 0 Å². The van der Waals surface area contributed by atoms with Crippen molar-refractivity contribution in [1.82, 2.24) is 0 Å². The highest BCUT2D eigenvalue weighted by Gasteiger charge is 2.07. The Balaban J connectivity index is 3.09. The predicted octanol–water partition coefficient (Wildman–Crippen LogP) is 1.58. The molecule has 0 amide bonds. The molecule has 11 heavy (non-hydrogen) atoms. The third kappa shape index (κ3) is 1.68. The summed E-state index contributed by atoms with van der Waals surface area (Å²) in [5, 5.41) is 17.8. The number of aliphatic hydroxyl groups is 1. The second kappa shape index (κ2) is 2.88. The van der Waals surface area contributed by atoms with Crippen molar-refractivity contribution >= 4 is 0 Å². The van der Waals surface area contributed by atoms with Gasteiger partial charge < -0.3 is 10.2 Å². The maximum absolute atomic E-state index is 12.8. The fraction of sp³-hybridized carbons (Fsp3) is 0.250. The Morgan fingerprint density at radius 3 is 2.55 bits per heavy atom. The fourth-order valence-electron chi connectivity index (χ4n) is 0.855. The summed E-state index contributed by atoms with van der Waals surface area (Å²) in [6.07, 6.45) is -0.837. The Bertz CT molecular complexity index is 258. The van der Waals surface area contributed by atoms with Crippen LogP contribution in [0, 0.1) is 5.82 Å². The summed E-state index contributed by atoms with van der Waals surface area (Å²) in [6, 6.07) is 3.67. The Kier molecular flexibility index (Phi) is 2.10. The molecule has 0 saturated heterocycles. The van der Waals surface area contributed by atoms with Crippen LogP contribution in [0.4, 0.5) is 4.39 Å². The van der Waals surface area contributed by atoms with E-state index >= 15 is 0 Å². The third-order valence-corrected chi connectivity index (χ3v) is 1.43. The monoisotopic (exact) mass is 156 g/mol. The molecule has 0 saturated carbocycles. The summed E-state index contributed by atoms with van der Waals surface area (Å²) in [5.41, 5.74) is 0.197. The van der Waals surface area contributed by atoms with Crippen molar-refractivity contribution in [2.24, 2.45) is 0 Å². The normalized spacial score (nSPS) is 13.0. The van der Waals surface area contributed by atoms with Gasteiger partial charge in [-0.15, -0.1) is 0 Å². The van der Waals surface area contributed by atoms with Crippen LogP contribution in [0.1, 0.15) is 18.6 Å². The van der Waals surface area contributed by atoms with Crippen LogP contribution in [-0.4, -0.2) is 10.2 Å². The van der Waals surface area contributed by atoms with Gasteiger partial charge in [-0.1, -0.05) is 0 Å². The molecule has 0 aliphatic carbocycles. The van der Waals surface area contributed by atoms with Crippen molar-refractivity contribution in [2.45, 2.75) is 13.0 Å². The van der Waals surface area contributed by atoms with E-state index in [1.165, 1.54) is 19.1 Å². The van der Waals surface area contributed by atoms with Crippen LogP contribution < -0.4 is 0 Å². The lowest BCUT2D eigenvalue weighted by molar-refractivity contribution is 0.194. The lowest BCUT2D eigenvalue weighted by atomic mass is 10.1. The maximum atomic E-state index is 12.8. The van der Waals surface area contributed by atoms with Crippen LogP contribution in [0.15, 0.2) is 18.2 Å². The Morgan fingerprint density at radius 2 is 2.09 bits per heavy atom. The average molecular weight is 156 g/mol. The second-order valence-electron chi connectivity index (χ2n) is 2.38. The van der Waals surface area contributed by atoms with Gasteiger partial charge in [-0.3, -0.25) is 0 Å². The first-order valence-electron chi connectivity index (χ1n) is 3.27.